The molecule has 3 aromatic rings. The Morgan fingerprint density at radius 2 is 1.53 bits per heavy atom. The number of halogens is 3. The number of alkyl halides is 3. The molecule has 180 valence electrons. The Morgan fingerprint density at radius 3 is 2.12 bits per heavy atom. The summed E-state index contributed by atoms with van der Waals surface area (Å²) in [6.45, 7) is 2.12. The number of nitrogens with one attached hydrogen (secondary N) is 1. The number of hydrogen-bond acceptors (Lipinski definition) is 3. The van der Waals surface area contributed by atoms with Gasteiger partial charge in [0, 0.05) is 12.1 Å². The van der Waals surface area contributed by atoms with Gasteiger partial charge in [-0.25, -0.2) is 8.42 Å². The molecule has 0 aromatic heterocycles. The van der Waals surface area contributed by atoms with E-state index in [1.54, 1.807) is 0 Å². The van der Waals surface area contributed by atoms with E-state index in [1.807, 2.05) is 37.3 Å². The molecule has 3 aromatic carbocycles. The highest BCUT2D eigenvalue weighted by Gasteiger charge is 2.36. The van der Waals surface area contributed by atoms with Crippen molar-refractivity contribution in [1.82, 2.24) is 5.32 Å². The number of rotatable bonds is 8. The highest BCUT2D eigenvalue weighted by atomic mass is 32.2. The lowest BCUT2D eigenvalue weighted by molar-refractivity contribution is -0.137. The van der Waals surface area contributed by atoms with Crippen molar-refractivity contribution in [3.05, 3.63) is 101 Å². The van der Waals surface area contributed by atoms with E-state index in [9.17, 15) is 26.4 Å². The number of carbonyl (C=O) groups excluding carboxylic acids is 1. The van der Waals surface area contributed by atoms with Gasteiger partial charge in [0.05, 0.1) is 24.1 Å². The maximum Gasteiger partial charge on any atom is 0.418 e. The van der Waals surface area contributed by atoms with Crippen molar-refractivity contribution in [3.8, 4) is 0 Å². The van der Waals surface area contributed by atoms with E-state index in [-0.39, 0.29) is 18.4 Å². The molecule has 9 heteroatoms. The lowest BCUT2D eigenvalue weighted by Gasteiger charge is -2.25. The Morgan fingerprint density at radius 1 is 0.941 bits per heavy atom. The molecule has 0 heterocycles. The Balaban J connectivity index is 1.74. The van der Waals surface area contributed by atoms with Crippen molar-refractivity contribution in [2.24, 2.45) is 0 Å². The van der Waals surface area contributed by atoms with Crippen LogP contribution in [-0.4, -0.2) is 27.1 Å². The predicted molar refractivity (Wildman–Crippen MR) is 126 cm³/mol. The summed E-state index contributed by atoms with van der Waals surface area (Å²) < 4.78 is 65.8. The van der Waals surface area contributed by atoms with E-state index in [0.29, 0.717) is 22.0 Å². The van der Waals surface area contributed by atoms with Crippen LogP contribution < -0.4 is 9.62 Å². The molecule has 0 bridgehead atoms. The SMILES string of the molecule is C[C@H](CNC(=O)c1ccc(CN(c2ccccc2C(F)(F)F)S(C)(=O)=O)cc1)c1ccccc1. The molecule has 1 atom stereocenters. The minimum absolute atomic E-state index is 0.112. The Kier molecular flexibility index (Phi) is 7.66. The normalized spacial score (nSPS) is 12.7. The fourth-order valence-electron chi connectivity index (χ4n) is 3.49. The highest BCUT2D eigenvalue weighted by molar-refractivity contribution is 7.92. The summed E-state index contributed by atoms with van der Waals surface area (Å²) in [5.41, 5.74) is 0.415. The number of sulfonamides is 1. The lowest BCUT2D eigenvalue weighted by Crippen LogP contribution is -2.31. The maximum absolute atomic E-state index is 13.4. The van der Waals surface area contributed by atoms with Gasteiger partial charge in [0.1, 0.15) is 0 Å². The molecule has 0 aliphatic heterocycles. The van der Waals surface area contributed by atoms with Gasteiger partial charge in [0.2, 0.25) is 10.0 Å². The summed E-state index contributed by atoms with van der Waals surface area (Å²) in [5, 5.41) is 2.86. The summed E-state index contributed by atoms with van der Waals surface area (Å²) in [5.74, 6) is -0.182. The monoisotopic (exact) mass is 490 g/mol. The fourth-order valence-corrected chi connectivity index (χ4v) is 4.39. The molecule has 34 heavy (non-hydrogen) atoms. The molecule has 1 amide bonds. The van der Waals surface area contributed by atoms with Gasteiger partial charge < -0.3 is 5.32 Å². The second kappa shape index (κ2) is 10.3. The molecular weight excluding hydrogens is 465 g/mol. The predicted octanol–water partition coefficient (Wildman–Crippen LogP) is 5.21. The van der Waals surface area contributed by atoms with E-state index in [1.165, 1.54) is 36.4 Å². The van der Waals surface area contributed by atoms with Crippen LogP contribution in [0.3, 0.4) is 0 Å². The molecule has 5 nitrogen and oxygen atoms in total. The third-order valence-corrected chi connectivity index (χ3v) is 6.48. The number of nitrogens with zero attached hydrogens (tertiary/aromatic N) is 1. The molecule has 0 spiro atoms. The van der Waals surface area contributed by atoms with E-state index in [2.05, 4.69) is 5.32 Å². The quantitative estimate of drug-likeness (QED) is 0.472. The van der Waals surface area contributed by atoms with E-state index in [0.717, 1.165) is 24.0 Å². The summed E-state index contributed by atoms with van der Waals surface area (Å²) in [6, 6.07) is 20.4. The van der Waals surface area contributed by atoms with Crippen molar-refractivity contribution < 1.29 is 26.4 Å². The van der Waals surface area contributed by atoms with Crippen molar-refractivity contribution in [2.45, 2.75) is 25.6 Å². The Hall–Kier alpha value is -3.33. The zero-order valence-electron chi connectivity index (χ0n) is 18.7. The van der Waals surface area contributed by atoms with Crippen LogP contribution in [0.4, 0.5) is 18.9 Å². The summed E-state index contributed by atoms with van der Waals surface area (Å²) >= 11 is 0. The van der Waals surface area contributed by atoms with Crippen molar-refractivity contribution >= 4 is 21.6 Å². The van der Waals surface area contributed by atoms with Gasteiger partial charge in [-0.2, -0.15) is 13.2 Å². The number of anilines is 1. The van der Waals surface area contributed by atoms with Gasteiger partial charge in [-0.05, 0) is 41.3 Å². The molecule has 0 saturated carbocycles. The molecule has 0 saturated heterocycles. The average molecular weight is 491 g/mol. The standard InChI is InChI=1S/C25H25F3N2O3S/c1-18(20-8-4-3-5-9-20)16-29-24(31)21-14-12-19(13-15-21)17-30(34(2,32)33)23-11-7-6-10-22(23)25(26,27)28/h3-15,18H,16-17H2,1-2H3,(H,29,31)/t18-/m1/s1. The molecule has 0 aliphatic carbocycles. The van der Waals surface area contributed by atoms with Crippen LogP contribution in [0.15, 0.2) is 78.9 Å². The first kappa shape index (κ1) is 25.3. The topological polar surface area (TPSA) is 66.5 Å². The Bertz CT molecular complexity index is 1230. The molecule has 0 fully saturated rings. The molecule has 0 aliphatic rings. The first-order valence-corrected chi connectivity index (χ1v) is 12.4. The second-order valence-electron chi connectivity index (χ2n) is 8.00. The third kappa shape index (κ3) is 6.38. The van der Waals surface area contributed by atoms with Gasteiger partial charge in [-0.15, -0.1) is 0 Å². The largest absolute Gasteiger partial charge is 0.418 e. The average Bonchev–Trinajstić information content (AvgIpc) is 2.80. The summed E-state index contributed by atoms with van der Waals surface area (Å²) in [7, 11) is -4.02. The number of carbonyl (C=O) groups is 1. The van der Waals surface area contributed by atoms with Gasteiger partial charge in [0.15, 0.2) is 0 Å². The Labute approximate surface area is 197 Å². The van der Waals surface area contributed by atoms with Crippen molar-refractivity contribution in [3.63, 3.8) is 0 Å². The van der Waals surface area contributed by atoms with E-state index in [4.69, 9.17) is 0 Å². The van der Waals surface area contributed by atoms with Crippen LogP contribution in [0.2, 0.25) is 0 Å². The first-order chi connectivity index (χ1) is 16.0. The van der Waals surface area contributed by atoms with E-state index < -0.39 is 27.5 Å². The van der Waals surface area contributed by atoms with Gasteiger partial charge in [0.25, 0.3) is 5.91 Å². The third-order valence-electron chi connectivity index (χ3n) is 5.36. The van der Waals surface area contributed by atoms with Gasteiger partial charge >= 0.3 is 6.18 Å². The van der Waals surface area contributed by atoms with Crippen LogP contribution in [0.25, 0.3) is 0 Å². The van der Waals surface area contributed by atoms with Crippen molar-refractivity contribution in [1.29, 1.82) is 0 Å². The van der Waals surface area contributed by atoms with Crippen LogP contribution in [0, 0.1) is 0 Å². The van der Waals surface area contributed by atoms with Crippen LogP contribution in [0.1, 0.15) is 39.9 Å². The molecule has 0 radical (unpaired) electrons. The van der Waals surface area contributed by atoms with Crippen LogP contribution in [0.5, 0.6) is 0 Å². The number of hydrogen-bond donors (Lipinski definition) is 1. The zero-order chi connectivity index (χ0) is 24.9. The number of para-hydroxylation sites is 1. The summed E-state index contributed by atoms with van der Waals surface area (Å²) in [4.78, 5) is 12.5. The number of amides is 1. The molecule has 0 unspecified atom stereocenters. The molecular formula is C25H25F3N2O3S. The maximum atomic E-state index is 13.4. The highest BCUT2D eigenvalue weighted by Crippen LogP contribution is 2.37. The van der Waals surface area contributed by atoms with Crippen molar-refractivity contribution in [2.75, 3.05) is 17.1 Å². The fraction of sp³-hybridized carbons (Fsp3) is 0.240. The minimum Gasteiger partial charge on any atom is -0.351 e. The lowest BCUT2D eigenvalue weighted by atomic mass is 10.0. The van der Waals surface area contributed by atoms with Crippen LogP contribution in [-0.2, 0) is 22.7 Å². The summed E-state index contributed by atoms with van der Waals surface area (Å²) in [6.07, 6.45) is -3.85. The van der Waals surface area contributed by atoms with E-state index >= 15 is 0 Å². The number of benzene rings is 3. The zero-order valence-corrected chi connectivity index (χ0v) is 19.5. The van der Waals surface area contributed by atoms with Gasteiger partial charge in [-0.1, -0.05) is 61.5 Å². The minimum atomic E-state index is -4.71. The van der Waals surface area contributed by atoms with Gasteiger partial charge in [-0.3, -0.25) is 9.10 Å². The smallest absolute Gasteiger partial charge is 0.351 e. The van der Waals surface area contributed by atoms with Crippen LogP contribution >= 0.6 is 0 Å². The second-order valence-corrected chi connectivity index (χ2v) is 9.91. The first-order valence-electron chi connectivity index (χ1n) is 10.5. The molecule has 1 N–H and O–H groups in total. The molecule has 3 rings (SSSR count).